The first-order valence-electron chi connectivity index (χ1n) is 9.51. The molecule has 0 aliphatic carbocycles. The van der Waals surface area contributed by atoms with Crippen molar-refractivity contribution in [2.75, 3.05) is 25.0 Å². The molecule has 1 amide bonds. The molecule has 5 nitrogen and oxygen atoms in total. The van der Waals surface area contributed by atoms with Crippen LogP contribution in [0.2, 0.25) is 0 Å². The molecule has 0 bridgehead atoms. The van der Waals surface area contributed by atoms with E-state index in [9.17, 15) is 4.79 Å². The summed E-state index contributed by atoms with van der Waals surface area (Å²) in [6.45, 7) is 2.61. The van der Waals surface area contributed by atoms with Crippen molar-refractivity contribution in [1.29, 1.82) is 0 Å². The number of nitrogens with zero attached hydrogens (tertiary/aromatic N) is 4. The first kappa shape index (κ1) is 17.5. The minimum absolute atomic E-state index is 0.00852. The molecular formula is C22H24N4O. The van der Waals surface area contributed by atoms with Crippen LogP contribution in [0.4, 0.5) is 5.82 Å². The van der Waals surface area contributed by atoms with Crippen LogP contribution in [-0.2, 0) is 6.54 Å². The lowest BCUT2D eigenvalue weighted by molar-refractivity contribution is 0.0785. The zero-order chi connectivity index (χ0) is 18.6. The summed E-state index contributed by atoms with van der Waals surface area (Å²) in [5.74, 6) is 0.953. The molecular weight excluding hydrogens is 336 g/mol. The average Bonchev–Trinajstić information content (AvgIpc) is 2.73. The quantitative estimate of drug-likeness (QED) is 0.708. The summed E-state index contributed by atoms with van der Waals surface area (Å²) in [7, 11) is 1.84. The predicted molar refractivity (Wildman–Crippen MR) is 108 cm³/mol. The maximum Gasteiger partial charge on any atom is 0.253 e. The number of carbonyl (C=O) groups excluding carboxylic acids is 1. The van der Waals surface area contributed by atoms with Gasteiger partial charge in [0.15, 0.2) is 0 Å². The Morgan fingerprint density at radius 2 is 1.81 bits per heavy atom. The van der Waals surface area contributed by atoms with Crippen molar-refractivity contribution < 1.29 is 4.79 Å². The third kappa shape index (κ3) is 3.77. The van der Waals surface area contributed by atoms with E-state index in [4.69, 9.17) is 0 Å². The molecule has 1 aliphatic rings. The number of rotatable bonds is 4. The van der Waals surface area contributed by atoms with Gasteiger partial charge in [0.25, 0.3) is 5.91 Å². The first-order valence-corrected chi connectivity index (χ1v) is 9.51. The van der Waals surface area contributed by atoms with Gasteiger partial charge in [0.1, 0.15) is 12.1 Å². The Morgan fingerprint density at radius 3 is 2.59 bits per heavy atom. The number of amides is 1. The average molecular weight is 360 g/mol. The molecule has 0 spiro atoms. The third-order valence-electron chi connectivity index (χ3n) is 5.13. The topological polar surface area (TPSA) is 49.3 Å². The second-order valence-corrected chi connectivity index (χ2v) is 7.12. The van der Waals surface area contributed by atoms with Crippen LogP contribution >= 0.6 is 0 Å². The normalized spacial score (nSPS) is 14.3. The van der Waals surface area contributed by atoms with Gasteiger partial charge in [-0.3, -0.25) is 4.79 Å². The summed E-state index contributed by atoms with van der Waals surface area (Å²) in [6, 6.07) is 15.8. The van der Waals surface area contributed by atoms with E-state index in [1.54, 1.807) is 11.2 Å². The van der Waals surface area contributed by atoms with Crippen molar-refractivity contribution in [3.05, 3.63) is 66.0 Å². The Morgan fingerprint density at radius 1 is 1.04 bits per heavy atom. The molecule has 0 radical (unpaired) electrons. The molecule has 1 fully saturated rings. The second-order valence-electron chi connectivity index (χ2n) is 7.12. The number of carbonyl (C=O) groups is 1. The molecule has 2 aromatic carbocycles. The van der Waals surface area contributed by atoms with E-state index >= 15 is 0 Å². The number of aromatic nitrogens is 2. The maximum atomic E-state index is 13.0. The van der Waals surface area contributed by atoms with Crippen LogP contribution < -0.4 is 4.90 Å². The Bertz CT molecular complexity index is 935. The van der Waals surface area contributed by atoms with E-state index in [2.05, 4.69) is 14.9 Å². The fraction of sp³-hybridized carbons (Fsp3) is 0.318. The van der Waals surface area contributed by atoms with Gasteiger partial charge in [-0.15, -0.1) is 0 Å². The Labute approximate surface area is 159 Å². The largest absolute Gasteiger partial charge is 0.356 e. The van der Waals surface area contributed by atoms with Crippen LogP contribution in [0.25, 0.3) is 10.9 Å². The van der Waals surface area contributed by atoms with Crippen LogP contribution in [0.3, 0.4) is 0 Å². The standard InChI is InChI=1S/C22H24N4O/c1-25(15-17-8-4-2-5-9-17)22(27)18-10-11-20-19(14-18)21(24-16-23-20)26-12-6-3-7-13-26/h2,4-5,8-11,14,16H,3,6-7,12-13,15H2,1H3. The van der Waals surface area contributed by atoms with Gasteiger partial charge in [-0.2, -0.15) is 0 Å². The van der Waals surface area contributed by atoms with Crippen LogP contribution in [0.5, 0.6) is 0 Å². The summed E-state index contributed by atoms with van der Waals surface area (Å²) in [6.07, 6.45) is 5.26. The molecule has 138 valence electrons. The highest BCUT2D eigenvalue weighted by Gasteiger charge is 2.18. The lowest BCUT2D eigenvalue weighted by atomic mass is 10.1. The number of anilines is 1. The zero-order valence-electron chi connectivity index (χ0n) is 15.6. The van der Waals surface area contributed by atoms with Gasteiger partial charge in [-0.05, 0) is 43.0 Å². The smallest absolute Gasteiger partial charge is 0.253 e. The highest BCUT2D eigenvalue weighted by Crippen LogP contribution is 2.27. The van der Waals surface area contributed by atoms with Gasteiger partial charge < -0.3 is 9.80 Å². The molecule has 27 heavy (non-hydrogen) atoms. The first-order chi connectivity index (χ1) is 13.2. The van der Waals surface area contributed by atoms with Crippen molar-refractivity contribution in [2.45, 2.75) is 25.8 Å². The predicted octanol–water partition coefficient (Wildman–Crippen LogP) is 3.89. The number of fused-ring (bicyclic) bond motifs is 1. The molecule has 0 saturated carbocycles. The van der Waals surface area contributed by atoms with Gasteiger partial charge in [0, 0.05) is 37.6 Å². The summed E-state index contributed by atoms with van der Waals surface area (Å²) >= 11 is 0. The van der Waals surface area contributed by atoms with Gasteiger partial charge in [0.05, 0.1) is 5.52 Å². The second kappa shape index (κ2) is 7.74. The fourth-order valence-electron chi connectivity index (χ4n) is 3.68. The van der Waals surface area contributed by atoms with Crippen molar-refractivity contribution in [2.24, 2.45) is 0 Å². The zero-order valence-corrected chi connectivity index (χ0v) is 15.6. The lowest BCUT2D eigenvalue weighted by Crippen LogP contribution is -2.30. The van der Waals surface area contributed by atoms with E-state index < -0.39 is 0 Å². The molecule has 5 heteroatoms. The minimum atomic E-state index is 0.00852. The molecule has 0 N–H and O–H groups in total. The Hall–Kier alpha value is -2.95. The Kier molecular flexibility index (Phi) is 5.01. The third-order valence-corrected chi connectivity index (χ3v) is 5.13. The highest BCUT2D eigenvalue weighted by atomic mass is 16.2. The molecule has 0 unspecified atom stereocenters. The Balaban J connectivity index is 1.62. The number of hydrogen-bond acceptors (Lipinski definition) is 4. The van der Waals surface area contributed by atoms with Gasteiger partial charge >= 0.3 is 0 Å². The van der Waals surface area contributed by atoms with E-state index in [0.29, 0.717) is 12.1 Å². The van der Waals surface area contributed by atoms with Crippen molar-refractivity contribution in [3.63, 3.8) is 0 Å². The summed E-state index contributed by atoms with van der Waals surface area (Å²) in [5, 5.41) is 0.957. The fourth-order valence-corrected chi connectivity index (χ4v) is 3.68. The number of piperidine rings is 1. The molecule has 1 aliphatic heterocycles. The summed E-state index contributed by atoms with van der Waals surface area (Å²) in [4.78, 5) is 25.9. The summed E-state index contributed by atoms with van der Waals surface area (Å²) in [5.41, 5.74) is 2.67. The van der Waals surface area contributed by atoms with Crippen LogP contribution in [0.15, 0.2) is 54.9 Å². The number of hydrogen-bond donors (Lipinski definition) is 0. The van der Waals surface area contributed by atoms with E-state index in [0.717, 1.165) is 35.4 Å². The van der Waals surface area contributed by atoms with Gasteiger partial charge in [-0.25, -0.2) is 9.97 Å². The van der Waals surface area contributed by atoms with Gasteiger partial charge in [-0.1, -0.05) is 30.3 Å². The van der Waals surface area contributed by atoms with Crippen LogP contribution in [-0.4, -0.2) is 40.9 Å². The maximum absolute atomic E-state index is 13.0. The van der Waals surface area contributed by atoms with E-state index in [1.165, 1.54) is 19.3 Å². The molecule has 2 heterocycles. The van der Waals surface area contributed by atoms with E-state index in [1.807, 2.05) is 55.6 Å². The monoisotopic (exact) mass is 360 g/mol. The van der Waals surface area contributed by atoms with Crippen LogP contribution in [0, 0.1) is 0 Å². The molecule has 0 atom stereocenters. The lowest BCUT2D eigenvalue weighted by Gasteiger charge is -2.28. The van der Waals surface area contributed by atoms with Crippen molar-refractivity contribution in [3.8, 4) is 0 Å². The highest BCUT2D eigenvalue weighted by molar-refractivity contribution is 6.00. The van der Waals surface area contributed by atoms with Crippen LogP contribution in [0.1, 0.15) is 35.2 Å². The SMILES string of the molecule is CN(Cc1ccccc1)C(=O)c1ccc2ncnc(N3CCCCC3)c2c1. The summed E-state index contributed by atoms with van der Waals surface area (Å²) < 4.78 is 0. The molecule has 3 aromatic rings. The molecule has 1 saturated heterocycles. The minimum Gasteiger partial charge on any atom is -0.356 e. The molecule has 1 aromatic heterocycles. The molecule has 4 rings (SSSR count). The van der Waals surface area contributed by atoms with Crippen molar-refractivity contribution >= 4 is 22.6 Å². The number of benzene rings is 2. The van der Waals surface area contributed by atoms with Crippen molar-refractivity contribution in [1.82, 2.24) is 14.9 Å². The van der Waals surface area contributed by atoms with E-state index in [-0.39, 0.29) is 5.91 Å². The van der Waals surface area contributed by atoms with Gasteiger partial charge in [0.2, 0.25) is 0 Å².